The van der Waals surface area contributed by atoms with E-state index in [0.29, 0.717) is 18.7 Å². The van der Waals surface area contributed by atoms with Crippen LogP contribution in [0.2, 0.25) is 0 Å². The zero-order valence-corrected chi connectivity index (χ0v) is 24.9. The summed E-state index contributed by atoms with van der Waals surface area (Å²) in [5.74, 6) is -0.330. The summed E-state index contributed by atoms with van der Waals surface area (Å²) in [6.45, 7) is 3.40. The minimum atomic E-state index is -4.27. The van der Waals surface area contributed by atoms with E-state index in [-0.39, 0.29) is 54.4 Å². The Bertz CT molecular complexity index is 1440. The third kappa shape index (κ3) is 7.71. The van der Waals surface area contributed by atoms with Crippen LogP contribution in [-0.2, 0) is 26.0 Å². The number of halogens is 2. The van der Waals surface area contributed by atoms with Gasteiger partial charge >= 0.3 is 0 Å². The Morgan fingerprint density at radius 2 is 1.86 bits per heavy atom. The van der Waals surface area contributed by atoms with E-state index in [1.807, 2.05) is 13.0 Å². The quantitative estimate of drug-likeness (QED) is 0.349. The molecular weight excluding hydrogens is 564 g/mol. The van der Waals surface area contributed by atoms with Gasteiger partial charge in [-0.05, 0) is 92.2 Å². The smallest absolute Gasteiger partial charge is 0.269 e. The van der Waals surface area contributed by atoms with Crippen molar-refractivity contribution in [1.82, 2.24) is 14.6 Å². The standard InChI is InChI=1S/C30H39F2N5O4S/c1-19-17-27(33)34-18-23(19)9-5-11-25(30(39)37-15-13-22(14-16-37)29(31)32)36-42(40,41)26-12-6-10-24(21-7-3-4-8-21)28(26)35-20(2)38/h6,10,12,17-18,21,25,36H,3-5,7-9,11,13-16H2,1-2H3,(H2,33,34)(H,35,38)/t25-/m0/s1. The van der Waals surface area contributed by atoms with E-state index in [4.69, 9.17) is 5.73 Å². The number of carbonyl (C=O) groups is 2. The Kier molecular flexibility index (Phi) is 10.3. The molecule has 2 heterocycles. The van der Waals surface area contributed by atoms with Crippen LogP contribution in [0.5, 0.6) is 0 Å². The zero-order chi connectivity index (χ0) is 30.4. The number of likely N-dealkylation sites (tertiary alicyclic amines) is 1. The molecule has 2 aliphatic rings. The number of pyridine rings is 1. The number of para-hydroxylation sites is 1. The van der Waals surface area contributed by atoms with E-state index in [1.54, 1.807) is 18.3 Å². The van der Waals surface area contributed by atoms with Crippen LogP contribution in [0.1, 0.15) is 80.9 Å². The highest BCUT2D eigenvalue weighted by Crippen LogP contribution is 2.40. The molecule has 1 atom stereocenters. The molecule has 1 aromatic carbocycles. The second-order valence-electron chi connectivity index (χ2n) is 11.2. The summed E-state index contributed by atoms with van der Waals surface area (Å²) in [6, 6.07) is 5.56. The molecule has 2 fully saturated rings. The Balaban J connectivity index is 1.61. The summed E-state index contributed by atoms with van der Waals surface area (Å²) in [7, 11) is -4.27. The summed E-state index contributed by atoms with van der Waals surface area (Å²) < 4.78 is 56.7. The summed E-state index contributed by atoms with van der Waals surface area (Å²) in [6.07, 6.45) is 5.06. The Hall–Kier alpha value is -3.38. The summed E-state index contributed by atoms with van der Waals surface area (Å²) in [5, 5.41) is 2.74. The molecule has 0 unspecified atom stereocenters. The van der Waals surface area contributed by atoms with E-state index in [0.717, 1.165) is 42.4 Å². The van der Waals surface area contributed by atoms with Gasteiger partial charge in [0.15, 0.2) is 0 Å². The highest BCUT2D eigenvalue weighted by Gasteiger charge is 2.33. The second-order valence-corrected chi connectivity index (χ2v) is 12.9. The SMILES string of the molecule is CC(=O)Nc1c(C2CCCC2)cccc1S(=O)(=O)N[C@@H](CCCc1cnc(N)cc1C)C(=O)N1CCC(=C(F)F)CC1. The summed E-state index contributed by atoms with van der Waals surface area (Å²) in [5.41, 5.74) is 8.66. The van der Waals surface area contributed by atoms with Crippen LogP contribution in [0, 0.1) is 6.92 Å². The molecule has 0 radical (unpaired) electrons. The number of rotatable bonds is 10. The number of hydrogen-bond acceptors (Lipinski definition) is 6. The molecule has 4 N–H and O–H groups in total. The number of nitrogens with zero attached hydrogens (tertiary/aromatic N) is 2. The molecule has 12 heteroatoms. The number of aromatic nitrogens is 1. The van der Waals surface area contributed by atoms with Gasteiger partial charge in [0, 0.05) is 26.2 Å². The Morgan fingerprint density at radius 1 is 1.17 bits per heavy atom. The number of sulfonamides is 1. The highest BCUT2D eigenvalue weighted by molar-refractivity contribution is 7.89. The number of piperidine rings is 1. The molecule has 42 heavy (non-hydrogen) atoms. The van der Waals surface area contributed by atoms with Gasteiger partial charge in [-0.1, -0.05) is 25.0 Å². The molecule has 0 spiro atoms. The van der Waals surface area contributed by atoms with Crippen molar-refractivity contribution in [2.45, 2.75) is 88.5 Å². The molecular formula is C30H39F2N5O4S. The first-order chi connectivity index (χ1) is 20.0. The van der Waals surface area contributed by atoms with Crippen molar-refractivity contribution >= 4 is 33.3 Å². The minimum absolute atomic E-state index is 0.0196. The average Bonchev–Trinajstić information content (AvgIpc) is 3.48. The van der Waals surface area contributed by atoms with E-state index in [1.165, 1.54) is 17.9 Å². The van der Waals surface area contributed by atoms with Crippen LogP contribution in [0.15, 0.2) is 47.0 Å². The molecule has 0 bridgehead atoms. The maximum absolute atomic E-state index is 13.9. The van der Waals surface area contributed by atoms with E-state index in [9.17, 15) is 26.8 Å². The van der Waals surface area contributed by atoms with Crippen LogP contribution < -0.4 is 15.8 Å². The van der Waals surface area contributed by atoms with Crippen LogP contribution in [0.3, 0.4) is 0 Å². The number of nitrogens with two attached hydrogens (primary N) is 1. The van der Waals surface area contributed by atoms with Gasteiger partial charge in [0.1, 0.15) is 16.8 Å². The van der Waals surface area contributed by atoms with Gasteiger partial charge in [0.25, 0.3) is 6.08 Å². The van der Waals surface area contributed by atoms with Gasteiger partial charge in [-0.15, -0.1) is 0 Å². The number of anilines is 2. The number of amides is 2. The van der Waals surface area contributed by atoms with E-state index in [2.05, 4.69) is 15.0 Å². The first kappa shape index (κ1) is 31.6. The van der Waals surface area contributed by atoms with E-state index >= 15 is 0 Å². The predicted octanol–water partition coefficient (Wildman–Crippen LogP) is 5.03. The lowest BCUT2D eigenvalue weighted by Crippen LogP contribution is -2.50. The Labute approximate surface area is 246 Å². The van der Waals surface area contributed by atoms with Crippen molar-refractivity contribution in [2.24, 2.45) is 0 Å². The van der Waals surface area contributed by atoms with Gasteiger partial charge in [-0.25, -0.2) is 13.4 Å². The van der Waals surface area contributed by atoms with Crippen LogP contribution in [0.25, 0.3) is 0 Å². The molecule has 1 aliphatic carbocycles. The molecule has 1 saturated heterocycles. The first-order valence-electron chi connectivity index (χ1n) is 14.4. The van der Waals surface area contributed by atoms with Gasteiger partial charge in [0.2, 0.25) is 21.8 Å². The fourth-order valence-electron chi connectivity index (χ4n) is 5.91. The van der Waals surface area contributed by atoms with Crippen LogP contribution in [0.4, 0.5) is 20.3 Å². The third-order valence-corrected chi connectivity index (χ3v) is 9.68. The lowest BCUT2D eigenvalue weighted by atomic mass is 9.96. The molecule has 9 nitrogen and oxygen atoms in total. The molecule has 228 valence electrons. The monoisotopic (exact) mass is 603 g/mol. The fourth-order valence-corrected chi connectivity index (χ4v) is 7.33. The predicted molar refractivity (Wildman–Crippen MR) is 157 cm³/mol. The number of hydrogen-bond donors (Lipinski definition) is 3. The Morgan fingerprint density at radius 3 is 2.48 bits per heavy atom. The number of benzene rings is 1. The lowest BCUT2D eigenvalue weighted by Gasteiger charge is -2.32. The number of nitrogens with one attached hydrogen (secondary N) is 2. The van der Waals surface area contributed by atoms with Gasteiger partial charge in [-0.2, -0.15) is 13.5 Å². The number of carbonyl (C=O) groups excluding carboxylic acids is 2. The number of nitrogen functional groups attached to an aromatic ring is 1. The van der Waals surface area contributed by atoms with Gasteiger partial charge in [-0.3, -0.25) is 9.59 Å². The molecule has 1 aliphatic heterocycles. The maximum Gasteiger partial charge on any atom is 0.269 e. The van der Waals surface area contributed by atoms with Crippen molar-refractivity contribution in [1.29, 1.82) is 0 Å². The lowest BCUT2D eigenvalue weighted by molar-refractivity contribution is -0.133. The van der Waals surface area contributed by atoms with Gasteiger partial charge in [0.05, 0.1) is 5.69 Å². The highest BCUT2D eigenvalue weighted by atomic mass is 32.2. The van der Waals surface area contributed by atoms with Gasteiger partial charge < -0.3 is 16.0 Å². The molecule has 2 aromatic rings. The van der Waals surface area contributed by atoms with Crippen LogP contribution in [-0.4, -0.2) is 49.2 Å². The van der Waals surface area contributed by atoms with Crippen molar-refractivity contribution in [2.75, 3.05) is 24.1 Å². The largest absolute Gasteiger partial charge is 0.384 e. The fraction of sp³-hybridized carbons (Fsp3) is 0.500. The summed E-state index contributed by atoms with van der Waals surface area (Å²) >= 11 is 0. The average molecular weight is 604 g/mol. The molecule has 1 aromatic heterocycles. The second kappa shape index (κ2) is 13.7. The van der Waals surface area contributed by atoms with Crippen molar-refractivity contribution < 1.29 is 26.8 Å². The zero-order valence-electron chi connectivity index (χ0n) is 24.1. The van der Waals surface area contributed by atoms with Crippen molar-refractivity contribution in [3.63, 3.8) is 0 Å². The topological polar surface area (TPSA) is 134 Å². The summed E-state index contributed by atoms with van der Waals surface area (Å²) in [4.78, 5) is 31.3. The van der Waals surface area contributed by atoms with Crippen molar-refractivity contribution in [3.05, 3.63) is 58.8 Å². The number of aryl methyl sites for hydroxylation is 2. The third-order valence-electron chi connectivity index (χ3n) is 8.16. The molecule has 4 rings (SSSR count). The normalized spacial score (nSPS) is 16.9. The van der Waals surface area contributed by atoms with E-state index < -0.39 is 34.0 Å². The molecule has 1 saturated carbocycles. The maximum atomic E-state index is 13.9. The van der Waals surface area contributed by atoms with Crippen LogP contribution >= 0.6 is 0 Å². The molecule has 2 amide bonds. The van der Waals surface area contributed by atoms with Crippen molar-refractivity contribution in [3.8, 4) is 0 Å². The first-order valence-corrected chi connectivity index (χ1v) is 15.9. The minimum Gasteiger partial charge on any atom is -0.384 e.